The molecule has 1 aromatic carbocycles. The molecule has 0 aliphatic rings. The largest absolute Gasteiger partial charge is 0.398 e. The Kier molecular flexibility index (Phi) is 2.56. The average molecular weight is 182 g/mol. The normalized spacial score (nSPS) is 9.42. The van der Waals surface area contributed by atoms with Gasteiger partial charge in [0.2, 0.25) is 0 Å². The van der Waals surface area contributed by atoms with Gasteiger partial charge >= 0.3 is 0 Å². The molecule has 2 N–H and O–H groups in total. The minimum absolute atomic E-state index is 0.310. The highest BCUT2D eigenvalue weighted by atomic mass is 32.2. The SMILES string of the molecule is Cc1cc(SC#N)c(N)cc1F. The van der Waals surface area contributed by atoms with Crippen molar-refractivity contribution in [2.45, 2.75) is 11.8 Å². The van der Waals surface area contributed by atoms with Crippen LogP contribution >= 0.6 is 11.8 Å². The molecule has 0 amide bonds. The summed E-state index contributed by atoms with van der Waals surface area (Å²) >= 11 is 0.939. The van der Waals surface area contributed by atoms with Crippen LogP contribution in [0.5, 0.6) is 0 Å². The fourth-order valence-electron chi connectivity index (χ4n) is 0.808. The Morgan fingerprint density at radius 2 is 2.25 bits per heavy atom. The predicted molar refractivity (Wildman–Crippen MR) is 47.0 cm³/mol. The van der Waals surface area contributed by atoms with Crippen LogP contribution in [0.25, 0.3) is 0 Å². The number of hydrogen-bond acceptors (Lipinski definition) is 3. The van der Waals surface area contributed by atoms with E-state index in [0.717, 1.165) is 11.8 Å². The molecule has 12 heavy (non-hydrogen) atoms. The topological polar surface area (TPSA) is 49.8 Å². The number of nitriles is 1. The van der Waals surface area contributed by atoms with Crippen molar-refractivity contribution in [1.82, 2.24) is 0 Å². The van der Waals surface area contributed by atoms with Crippen LogP contribution in [-0.2, 0) is 0 Å². The van der Waals surface area contributed by atoms with Crippen molar-refractivity contribution in [2.75, 3.05) is 5.73 Å². The van der Waals surface area contributed by atoms with E-state index >= 15 is 0 Å². The molecule has 0 saturated heterocycles. The second kappa shape index (κ2) is 3.46. The maximum absolute atomic E-state index is 12.8. The number of halogens is 1. The maximum Gasteiger partial charge on any atom is 0.138 e. The molecule has 4 heteroatoms. The number of nitrogens with zero attached hydrogens (tertiary/aromatic N) is 1. The lowest BCUT2D eigenvalue weighted by atomic mass is 10.2. The summed E-state index contributed by atoms with van der Waals surface area (Å²) in [6.07, 6.45) is 0. The van der Waals surface area contributed by atoms with Gasteiger partial charge in [0.15, 0.2) is 0 Å². The van der Waals surface area contributed by atoms with Crippen LogP contribution in [0.3, 0.4) is 0 Å². The summed E-state index contributed by atoms with van der Waals surface area (Å²) in [5, 5.41) is 10.3. The van der Waals surface area contributed by atoms with Crippen molar-refractivity contribution in [3.63, 3.8) is 0 Å². The molecule has 0 radical (unpaired) electrons. The van der Waals surface area contributed by atoms with E-state index in [-0.39, 0.29) is 5.82 Å². The highest BCUT2D eigenvalue weighted by molar-refractivity contribution is 8.03. The summed E-state index contributed by atoms with van der Waals surface area (Å²) in [5.41, 5.74) is 6.28. The lowest BCUT2D eigenvalue weighted by Crippen LogP contribution is -1.91. The molecule has 1 aromatic rings. The molecule has 62 valence electrons. The van der Waals surface area contributed by atoms with E-state index in [4.69, 9.17) is 11.0 Å². The highest BCUT2D eigenvalue weighted by Gasteiger charge is 2.04. The van der Waals surface area contributed by atoms with E-state index in [1.165, 1.54) is 6.07 Å². The van der Waals surface area contributed by atoms with Crippen LogP contribution < -0.4 is 5.73 Å². The van der Waals surface area contributed by atoms with Crippen LogP contribution in [0, 0.1) is 23.4 Å². The Morgan fingerprint density at radius 3 is 2.83 bits per heavy atom. The zero-order valence-electron chi connectivity index (χ0n) is 6.47. The van der Waals surface area contributed by atoms with Crippen LogP contribution in [0.15, 0.2) is 17.0 Å². The van der Waals surface area contributed by atoms with Crippen molar-refractivity contribution in [3.8, 4) is 5.40 Å². The lowest BCUT2D eigenvalue weighted by Gasteiger charge is -2.02. The van der Waals surface area contributed by atoms with Gasteiger partial charge < -0.3 is 5.73 Å². The minimum atomic E-state index is -0.338. The minimum Gasteiger partial charge on any atom is -0.398 e. The van der Waals surface area contributed by atoms with Gasteiger partial charge in [-0.1, -0.05) is 0 Å². The molecule has 0 unspecified atom stereocenters. The Bertz CT molecular complexity index is 344. The third-order valence-electron chi connectivity index (χ3n) is 1.45. The summed E-state index contributed by atoms with van der Waals surface area (Å²) in [6, 6.07) is 2.80. The maximum atomic E-state index is 12.8. The molecule has 0 atom stereocenters. The Labute approximate surface area is 74.2 Å². The molecule has 0 spiro atoms. The second-order valence-electron chi connectivity index (χ2n) is 2.33. The summed E-state index contributed by atoms with van der Waals surface area (Å²) in [7, 11) is 0. The quantitative estimate of drug-likeness (QED) is 0.412. The predicted octanol–water partition coefficient (Wildman–Crippen LogP) is 2.29. The van der Waals surface area contributed by atoms with E-state index in [1.54, 1.807) is 13.0 Å². The number of benzene rings is 1. The summed E-state index contributed by atoms with van der Waals surface area (Å²) in [6.45, 7) is 1.64. The average Bonchev–Trinajstić information content (AvgIpc) is 2.01. The fourth-order valence-corrected chi connectivity index (χ4v) is 1.32. The molecule has 0 aliphatic carbocycles. The third kappa shape index (κ3) is 1.69. The fraction of sp³-hybridized carbons (Fsp3) is 0.125. The number of hydrogen-bond donors (Lipinski definition) is 1. The first-order chi connectivity index (χ1) is 5.65. The Morgan fingerprint density at radius 1 is 1.58 bits per heavy atom. The van der Waals surface area contributed by atoms with Gasteiger partial charge in [-0.3, -0.25) is 0 Å². The summed E-state index contributed by atoms with van der Waals surface area (Å²) in [5.74, 6) is -0.338. The zero-order chi connectivity index (χ0) is 9.14. The number of thioether (sulfide) groups is 1. The molecular formula is C8H7FN2S. The number of anilines is 1. The first kappa shape index (κ1) is 8.88. The smallest absolute Gasteiger partial charge is 0.138 e. The number of nitrogens with two attached hydrogens (primary N) is 1. The molecule has 0 heterocycles. The Balaban J connectivity index is 3.16. The second-order valence-corrected chi connectivity index (χ2v) is 3.16. The number of nitrogen functional groups attached to an aromatic ring is 1. The van der Waals surface area contributed by atoms with Gasteiger partial charge in [0.25, 0.3) is 0 Å². The highest BCUT2D eigenvalue weighted by Crippen LogP contribution is 2.26. The van der Waals surface area contributed by atoms with Gasteiger partial charge in [-0.25, -0.2) is 4.39 Å². The van der Waals surface area contributed by atoms with Crippen molar-refractivity contribution >= 4 is 17.4 Å². The van der Waals surface area contributed by atoms with Crippen LogP contribution in [0.2, 0.25) is 0 Å². The first-order valence-electron chi connectivity index (χ1n) is 3.26. The molecule has 0 bridgehead atoms. The first-order valence-corrected chi connectivity index (χ1v) is 4.08. The molecule has 2 nitrogen and oxygen atoms in total. The van der Waals surface area contributed by atoms with Crippen LogP contribution in [0.1, 0.15) is 5.56 Å². The standard InChI is InChI=1S/C8H7FN2S/c1-5-2-8(12-4-10)7(11)3-6(5)9/h2-3H,11H2,1H3. The molecule has 1 rings (SSSR count). The van der Waals surface area contributed by atoms with Crippen LogP contribution in [0.4, 0.5) is 10.1 Å². The number of rotatable bonds is 1. The molecule has 0 saturated carbocycles. The van der Waals surface area contributed by atoms with Gasteiger partial charge in [0.05, 0.1) is 0 Å². The molecular weight excluding hydrogens is 175 g/mol. The number of aryl methyl sites for hydroxylation is 1. The third-order valence-corrected chi connectivity index (χ3v) is 2.11. The molecule has 0 aromatic heterocycles. The van der Waals surface area contributed by atoms with Gasteiger partial charge in [-0.2, -0.15) is 5.26 Å². The molecule has 0 fully saturated rings. The van der Waals surface area contributed by atoms with Crippen molar-refractivity contribution in [1.29, 1.82) is 5.26 Å². The zero-order valence-corrected chi connectivity index (χ0v) is 7.28. The Hall–Kier alpha value is -1.21. The van der Waals surface area contributed by atoms with Crippen LogP contribution in [-0.4, -0.2) is 0 Å². The van der Waals surface area contributed by atoms with Crippen molar-refractivity contribution in [3.05, 3.63) is 23.5 Å². The monoisotopic (exact) mass is 182 g/mol. The summed E-state index contributed by atoms with van der Waals surface area (Å²) in [4.78, 5) is 0.608. The van der Waals surface area contributed by atoms with Crippen molar-refractivity contribution < 1.29 is 4.39 Å². The van der Waals surface area contributed by atoms with Gasteiger partial charge in [-0.05, 0) is 36.4 Å². The van der Waals surface area contributed by atoms with E-state index < -0.39 is 0 Å². The van der Waals surface area contributed by atoms with E-state index in [9.17, 15) is 4.39 Å². The summed E-state index contributed by atoms with van der Waals surface area (Å²) < 4.78 is 12.8. The lowest BCUT2D eigenvalue weighted by molar-refractivity contribution is 0.618. The molecule has 0 aliphatic heterocycles. The van der Waals surface area contributed by atoms with Gasteiger partial charge in [0, 0.05) is 10.6 Å². The van der Waals surface area contributed by atoms with Gasteiger partial charge in [-0.15, -0.1) is 0 Å². The van der Waals surface area contributed by atoms with E-state index in [1.807, 2.05) is 5.40 Å². The van der Waals surface area contributed by atoms with E-state index in [2.05, 4.69) is 0 Å². The van der Waals surface area contributed by atoms with Gasteiger partial charge in [0.1, 0.15) is 11.2 Å². The van der Waals surface area contributed by atoms with Crippen molar-refractivity contribution in [2.24, 2.45) is 0 Å². The number of thiocyanates is 1. The van der Waals surface area contributed by atoms with E-state index in [0.29, 0.717) is 16.1 Å².